The van der Waals surface area contributed by atoms with Crippen LogP contribution in [0, 0.1) is 0 Å². The molecule has 1 atom stereocenters. The van der Waals surface area contributed by atoms with E-state index < -0.39 is 13.3 Å². The van der Waals surface area contributed by atoms with Gasteiger partial charge in [0.25, 0.3) is 0 Å². The van der Waals surface area contributed by atoms with Crippen LogP contribution < -0.4 is 0 Å². The van der Waals surface area contributed by atoms with Crippen molar-refractivity contribution in [3.63, 3.8) is 0 Å². The Morgan fingerprint density at radius 2 is 2.36 bits per heavy atom. The van der Waals surface area contributed by atoms with Gasteiger partial charge in [0.05, 0.1) is 12.9 Å². The minimum absolute atomic E-state index is 0.0278. The summed E-state index contributed by atoms with van der Waals surface area (Å²) in [4.78, 5) is 19.2. The number of carbonyl (C=O) groups excluding carboxylic acids is 1. The molecular formula is C5H9O5P. The van der Waals surface area contributed by atoms with Crippen LogP contribution in [-0.2, 0) is 13.8 Å². The van der Waals surface area contributed by atoms with Crippen molar-refractivity contribution in [3.05, 3.63) is 12.8 Å². The monoisotopic (exact) mass is 180 g/mol. The Hall–Kier alpha value is -0.640. The summed E-state index contributed by atoms with van der Waals surface area (Å²) in [5.74, 6) is 0. The van der Waals surface area contributed by atoms with Crippen LogP contribution in [0.1, 0.15) is 6.92 Å². The summed E-state index contributed by atoms with van der Waals surface area (Å²) < 4.78 is 19.0. The summed E-state index contributed by atoms with van der Waals surface area (Å²) in [6, 6.07) is 0. The van der Waals surface area contributed by atoms with Crippen molar-refractivity contribution in [2.45, 2.75) is 6.92 Å². The lowest BCUT2D eigenvalue weighted by Crippen LogP contribution is -2.01. The molecule has 64 valence electrons. The zero-order chi connectivity index (χ0) is 8.91. The molecule has 0 saturated heterocycles. The fourth-order valence-electron chi connectivity index (χ4n) is 0.366. The van der Waals surface area contributed by atoms with Gasteiger partial charge in [0.2, 0.25) is 0 Å². The molecule has 0 aliphatic carbocycles. The van der Waals surface area contributed by atoms with E-state index in [0.717, 1.165) is 6.26 Å². The van der Waals surface area contributed by atoms with Gasteiger partial charge in [0, 0.05) is 0 Å². The number of carbonyl (C=O) groups is 1. The molecule has 0 aromatic carbocycles. The van der Waals surface area contributed by atoms with Crippen molar-refractivity contribution < 1.29 is 23.5 Å². The van der Waals surface area contributed by atoms with E-state index in [4.69, 9.17) is 4.89 Å². The normalized spacial score (nSPS) is 15.1. The van der Waals surface area contributed by atoms with Crippen LogP contribution >= 0.6 is 7.60 Å². The predicted octanol–water partition coefficient (Wildman–Crippen LogP) is 1.49. The summed E-state index contributed by atoms with van der Waals surface area (Å²) in [5.41, 5.74) is -1.31. The third kappa shape index (κ3) is 3.32. The highest BCUT2D eigenvalue weighted by atomic mass is 31.2. The van der Waals surface area contributed by atoms with Gasteiger partial charge in [-0.3, -0.25) is 0 Å². The van der Waals surface area contributed by atoms with Gasteiger partial charge in [0.1, 0.15) is 0 Å². The van der Waals surface area contributed by atoms with Gasteiger partial charge < -0.3 is 14.2 Å². The largest absolute Gasteiger partial charge is 0.436 e. The van der Waals surface area contributed by atoms with E-state index in [1.165, 1.54) is 6.92 Å². The molecule has 0 bridgehead atoms. The van der Waals surface area contributed by atoms with Crippen LogP contribution in [0.25, 0.3) is 0 Å². The van der Waals surface area contributed by atoms with Crippen molar-refractivity contribution in [1.82, 2.24) is 0 Å². The van der Waals surface area contributed by atoms with Gasteiger partial charge in [-0.15, -0.1) is 0 Å². The quantitative estimate of drug-likeness (QED) is 0.524. The number of rotatable bonds is 4. The first kappa shape index (κ1) is 10.4. The van der Waals surface area contributed by atoms with Crippen LogP contribution in [0.2, 0.25) is 0 Å². The van der Waals surface area contributed by atoms with Crippen LogP contribution in [0.15, 0.2) is 12.8 Å². The lowest BCUT2D eigenvalue weighted by Gasteiger charge is -2.06. The Balaban J connectivity index is 4.17. The zero-order valence-electron chi connectivity index (χ0n) is 6.02. The SMILES string of the molecule is C=COC(=O)P(=O)(O)OCC. The fourth-order valence-corrected chi connectivity index (χ4v) is 1.03. The molecule has 1 N–H and O–H groups in total. The molecule has 0 rings (SSSR count). The van der Waals surface area contributed by atoms with E-state index >= 15 is 0 Å². The Bertz CT molecular complexity index is 199. The Labute approximate surface area is 64.2 Å². The smallest absolute Gasteiger partial charge is 0.426 e. The van der Waals surface area contributed by atoms with E-state index in [9.17, 15) is 9.36 Å². The fraction of sp³-hybridized carbons (Fsp3) is 0.400. The highest BCUT2D eigenvalue weighted by Gasteiger charge is 2.31. The van der Waals surface area contributed by atoms with Gasteiger partial charge in [0.15, 0.2) is 0 Å². The maximum atomic E-state index is 10.7. The Morgan fingerprint density at radius 3 is 2.73 bits per heavy atom. The molecule has 0 radical (unpaired) electrons. The van der Waals surface area contributed by atoms with Crippen molar-refractivity contribution in [2.24, 2.45) is 0 Å². The maximum Gasteiger partial charge on any atom is 0.436 e. The van der Waals surface area contributed by atoms with Crippen LogP contribution in [0.3, 0.4) is 0 Å². The molecule has 0 aromatic rings. The van der Waals surface area contributed by atoms with E-state index in [1.54, 1.807) is 0 Å². The minimum atomic E-state index is -4.23. The molecule has 0 aromatic heterocycles. The van der Waals surface area contributed by atoms with E-state index in [-0.39, 0.29) is 6.61 Å². The standard InChI is InChI=1S/C5H9O5P/c1-3-9-5(6)11(7,8)10-4-2/h3H,1,4H2,2H3,(H,7,8). The predicted molar refractivity (Wildman–Crippen MR) is 38.1 cm³/mol. The molecule has 1 unspecified atom stereocenters. The van der Waals surface area contributed by atoms with E-state index in [2.05, 4.69) is 15.8 Å². The molecule has 11 heavy (non-hydrogen) atoms. The summed E-state index contributed by atoms with van der Waals surface area (Å²) >= 11 is 0. The van der Waals surface area contributed by atoms with Gasteiger partial charge >= 0.3 is 13.3 Å². The molecule has 0 saturated carbocycles. The number of ether oxygens (including phenoxy) is 1. The summed E-state index contributed by atoms with van der Waals surface area (Å²) in [7, 11) is -4.23. The van der Waals surface area contributed by atoms with E-state index in [1.807, 2.05) is 0 Å². The highest BCUT2D eigenvalue weighted by molar-refractivity contribution is 7.70. The first-order valence-electron chi connectivity index (χ1n) is 2.84. The molecule has 0 spiro atoms. The molecule has 0 aliphatic heterocycles. The lowest BCUT2D eigenvalue weighted by molar-refractivity contribution is 0.191. The second-order valence-corrected chi connectivity index (χ2v) is 3.15. The highest BCUT2D eigenvalue weighted by Crippen LogP contribution is 2.43. The minimum Gasteiger partial charge on any atom is -0.426 e. The third-order valence-corrected chi connectivity index (χ3v) is 1.89. The van der Waals surface area contributed by atoms with Crippen molar-refractivity contribution in [1.29, 1.82) is 0 Å². The summed E-state index contributed by atoms with van der Waals surface area (Å²) in [5, 5.41) is 0. The Kier molecular flexibility index (Phi) is 4.03. The second-order valence-electron chi connectivity index (χ2n) is 1.49. The molecule has 6 heteroatoms. The molecule has 0 heterocycles. The molecule has 5 nitrogen and oxygen atoms in total. The van der Waals surface area contributed by atoms with Gasteiger partial charge in [-0.2, -0.15) is 0 Å². The van der Waals surface area contributed by atoms with Crippen LogP contribution in [-0.4, -0.2) is 17.2 Å². The molecule has 0 fully saturated rings. The van der Waals surface area contributed by atoms with Gasteiger partial charge in [-0.1, -0.05) is 6.58 Å². The summed E-state index contributed by atoms with van der Waals surface area (Å²) in [6.45, 7) is 4.51. The van der Waals surface area contributed by atoms with Gasteiger partial charge in [-0.25, -0.2) is 9.36 Å². The van der Waals surface area contributed by atoms with E-state index in [0.29, 0.717) is 0 Å². The average molecular weight is 180 g/mol. The zero-order valence-corrected chi connectivity index (χ0v) is 6.91. The third-order valence-electron chi connectivity index (χ3n) is 0.719. The van der Waals surface area contributed by atoms with Crippen LogP contribution in [0.4, 0.5) is 4.79 Å². The van der Waals surface area contributed by atoms with Crippen molar-refractivity contribution in [2.75, 3.05) is 6.61 Å². The average Bonchev–Trinajstić information content (AvgIpc) is 1.88. The Morgan fingerprint density at radius 1 is 1.82 bits per heavy atom. The van der Waals surface area contributed by atoms with Crippen LogP contribution in [0.5, 0.6) is 0 Å². The molecular weight excluding hydrogens is 171 g/mol. The van der Waals surface area contributed by atoms with Crippen molar-refractivity contribution >= 4 is 13.3 Å². The molecule has 0 amide bonds. The first-order valence-corrected chi connectivity index (χ1v) is 4.41. The number of hydrogen-bond acceptors (Lipinski definition) is 4. The van der Waals surface area contributed by atoms with Crippen molar-refractivity contribution in [3.8, 4) is 0 Å². The topological polar surface area (TPSA) is 72.8 Å². The maximum absolute atomic E-state index is 10.7. The molecule has 0 aliphatic rings. The lowest BCUT2D eigenvalue weighted by atomic mass is 10.9. The first-order chi connectivity index (χ1) is 5.04. The number of hydrogen-bond donors (Lipinski definition) is 1. The summed E-state index contributed by atoms with van der Waals surface area (Å²) in [6.07, 6.45) is 0.768. The van der Waals surface area contributed by atoms with Gasteiger partial charge in [-0.05, 0) is 6.92 Å². The second kappa shape index (κ2) is 4.28.